The highest BCUT2D eigenvalue weighted by Gasteiger charge is 2.17. The molecule has 0 unspecified atom stereocenters. The highest BCUT2D eigenvalue weighted by atomic mass is 35.5. The number of amides is 1. The maximum Gasteiger partial charge on any atom is 0.280 e. The summed E-state index contributed by atoms with van der Waals surface area (Å²) in [6.45, 7) is 3.54. The van der Waals surface area contributed by atoms with E-state index in [2.05, 4.69) is 10.4 Å². The second-order valence-electron chi connectivity index (χ2n) is 5.78. The Labute approximate surface area is 160 Å². The molecule has 1 heterocycles. The van der Waals surface area contributed by atoms with Crippen molar-refractivity contribution in [2.24, 2.45) is 0 Å². The van der Waals surface area contributed by atoms with Gasteiger partial charge < -0.3 is 5.32 Å². The Bertz CT molecular complexity index is 1060. The summed E-state index contributed by atoms with van der Waals surface area (Å²) in [5, 5.41) is 7.96. The van der Waals surface area contributed by atoms with Gasteiger partial charge >= 0.3 is 0 Å². The molecule has 1 aromatic heterocycles. The van der Waals surface area contributed by atoms with Crippen molar-refractivity contribution in [2.45, 2.75) is 13.8 Å². The lowest BCUT2D eigenvalue weighted by molar-refractivity contribution is 0.101. The predicted molar refractivity (Wildman–Crippen MR) is 104 cm³/mol. The van der Waals surface area contributed by atoms with Crippen molar-refractivity contribution in [3.63, 3.8) is 0 Å². The van der Waals surface area contributed by atoms with E-state index in [1.54, 1.807) is 49.4 Å². The van der Waals surface area contributed by atoms with Gasteiger partial charge in [-0.2, -0.15) is 5.10 Å². The van der Waals surface area contributed by atoms with Crippen molar-refractivity contribution < 1.29 is 4.79 Å². The minimum atomic E-state index is -0.596. The third-order valence-corrected chi connectivity index (χ3v) is 4.39. The number of benzene rings is 2. The van der Waals surface area contributed by atoms with E-state index in [0.29, 0.717) is 27.1 Å². The predicted octanol–water partition coefficient (Wildman–Crippen LogP) is 4.41. The number of rotatable bonds is 3. The van der Waals surface area contributed by atoms with E-state index in [9.17, 15) is 9.59 Å². The summed E-state index contributed by atoms with van der Waals surface area (Å²) in [6.07, 6.45) is 0. The van der Waals surface area contributed by atoms with Gasteiger partial charge in [-0.25, -0.2) is 4.68 Å². The monoisotopic (exact) mass is 387 g/mol. The number of para-hydroxylation sites is 1. The molecule has 0 aliphatic carbocycles. The van der Waals surface area contributed by atoms with Crippen molar-refractivity contribution in [3.8, 4) is 5.69 Å². The van der Waals surface area contributed by atoms with Crippen LogP contribution >= 0.6 is 23.2 Å². The SMILES string of the molecule is Cc1cc(Cl)ccc1NC(=O)c1nn(-c2ccccc2Cl)c(C)cc1=O. The molecule has 0 aliphatic rings. The highest BCUT2D eigenvalue weighted by Crippen LogP contribution is 2.21. The summed E-state index contributed by atoms with van der Waals surface area (Å²) in [5.74, 6) is -0.596. The quantitative estimate of drug-likeness (QED) is 0.723. The number of anilines is 1. The smallest absolute Gasteiger partial charge is 0.280 e. The number of hydrogen-bond acceptors (Lipinski definition) is 3. The molecule has 0 radical (unpaired) electrons. The number of nitrogens with one attached hydrogen (secondary N) is 1. The standard InChI is InChI=1S/C19H15Cl2N3O2/c1-11-9-13(20)7-8-15(11)22-19(26)18-17(25)10-12(2)24(23-18)16-6-4-3-5-14(16)21/h3-10H,1-2H3,(H,22,26). The minimum Gasteiger partial charge on any atom is -0.320 e. The highest BCUT2D eigenvalue weighted by molar-refractivity contribution is 6.32. The van der Waals surface area contributed by atoms with Gasteiger partial charge in [0.15, 0.2) is 5.69 Å². The number of halogens is 2. The zero-order chi connectivity index (χ0) is 18.8. The maximum absolute atomic E-state index is 12.6. The van der Waals surface area contributed by atoms with Crippen molar-refractivity contribution in [3.05, 3.63) is 85.8 Å². The largest absolute Gasteiger partial charge is 0.320 e. The molecular weight excluding hydrogens is 373 g/mol. The Balaban J connectivity index is 2.02. The lowest BCUT2D eigenvalue weighted by Crippen LogP contribution is -2.27. The van der Waals surface area contributed by atoms with Crippen molar-refractivity contribution >= 4 is 34.8 Å². The Morgan fingerprint density at radius 3 is 2.50 bits per heavy atom. The summed E-state index contributed by atoms with van der Waals surface area (Å²) in [6, 6.07) is 13.5. The molecule has 1 amide bonds. The van der Waals surface area contributed by atoms with Crippen molar-refractivity contribution in [1.82, 2.24) is 9.78 Å². The molecule has 1 N–H and O–H groups in total. The van der Waals surface area contributed by atoms with E-state index in [1.165, 1.54) is 10.7 Å². The fourth-order valence-electron chi connectivity index (χ4n) is 2.52. The first kappa shape index (κ1) is 18.2. The molecule has 132 valence electrons. The molecule has 0 saturated heterocycles. The molecule has 0 bridgehead atoms. The van der Waals surface area contributed by atoms with E-state index in [-0.39, 0.29) is 5.69 Å². The van der Waals surface area contributed by atoms with Crippen molar-refractivity contribution in [1.29, 1.82) is 0 Å². The third-order valence-electron chi connectivity index (χ3n) is 3.84. The van der Waals surface area contributed by atoms with Crippen LogP contribution in [0.4, 0.5) is 5.69 Å². The van der Waals surface area contributed by atoms with E-state index in [1.807, 2.05) is 6.92 Å². The van der Waals surface area contributed by atoms with Gasteiger partial charge in [-0.15, -0.1) is 0 Å². The molecule has 3 aromatic rings. The van der Waals surface area contributed by atoms with Crippen LogP contribution < -0.4 is 10.7 Å². The van der Waals surface area contributed by atoms with Gasteiger partial charge in [0.05, 0.1) is 10.7 Å². The van der Waals surface area contributed by atoms with E-state index >= 15 is 0 Å². The number of aromatic nitrogens is 2. The first-order chi connectivity index (χ1) is 12.4. The summed E-state index contributed by atoms with van der Waals surface area (Å²) in [7, 11) is 0. The Morgan fingerprint density at radius 1 is 1.08 bits per heavy atom. The topological polar surface area (TPSA) is 64.0 Å². The maximum atomic E-state index is 12.6. The molecule has 0 saturated carbocycles. The zero-order valence-corrected chi connectivity index (χ0v) is 15.6. The molecule has 5 nitrogen and oxygen atoms in total. The first-order valence-electron chi connectivity index (χ1n) is 7.80. The van der Waals surface area contributed by atoms with E-state index < -0.39 is 11.3 Å². The van der Waals surface area contributed by atoms with Gasteiger partial charge in [-0.3, -0.25) is 9.59 Å². The van der Waals surface area contributed by atoms with Crippen LogP contribution in [0.3, 0.4) is 0 Å². The van der Waals surface area contributed by atoms with Crippen LogP contribution in [0.15, 0.2) is 53.3 Å². The molecule has 3 rings (SSSR count). The average Bonchev–Trinajstić information content (AvgIpc) is 2.58. The zero-order valence-electron chi connectivity index (χ0n) is 14.1. The molecule has 0 aliphatic heterocycles. The van der Waals surface area contributed by atoms with Gasteiger partial charge in [-0.1, -0.05) is 35.3 Å². The Kier molecular flexibility index (Phi) is 5.11. The van der Waals surface area contributed by atoms with E-state index in [4.69, 9.17) is 23.2 Å². The molecular formula is C19H15Cl2N3O2. The second-order valence-corrected chi connectivity index (χ2v) is 6.62. The number of aryl methyl sites for hydroxylation is 2. The van der Waals surface area contributed by atoms with Gasteiger partial charge in [0, 0.05) is 22.5 Å². The summed E-state index contributed by atoms with van der Waals surface area (Å²) in [5.41, 5.74) is 1.82. The van der Waals surface area contributed by atoms with E-state index in [0.717, 1.165) is 5.56 Å². The molecule has 2 aromatic carbocycles. The van der Waals surface area contributed by atoms with Crippen LogP contribution in [-0.2, 0) is 0 Å². The summed E-state index contributed by atoms with van der Waals surface area (Å²) in [4.78, 5) is 24.9. The van der Waals surface area contributed by atoms with Crippen molar-refractivity contribution in [2.75, 3.05) is 5.32 Å². The van der Waals surface area contributed by atoms with Crippen LogP contribution in [0.5, 0.6) is 0 Å². The molecule has 0 atom stereocenters. The van der Waals surface area contributed by atoms with Crippen LogP contribution in [0.2, 0.25) is 10.0 Å². The summed E-state index contributed by atoms with van der Waals surface area (Å²) >= 11 is 12.1. The Hall–Kier alpha value is -2.63. The number of carbonyl (C=O) groups is 1. The lowest BCUT2D eigenvalue weighted by atomic mass is 10.2. The van der Waals surface area contributed by atoms with Gasteiger partial charge in [0.2, 0.25) is 5.43 Å². The fourth-order valence-corrected chi connectivity index (χ4v) is 2.96. The molecule has 7 heteroatoms. The molecule has 0 fully saturated rings. The number of nitrogens with zero attached hydrogens (tertiary/aromatic N) is 2. The second kappa shape index (κ2) is 7.32. The van der Waals surface area contributed by atoms with Crippen LogP contribution in [0.25, 0.3) is 5.69 Å². The third kappa shape index (κ3) is 3.64. The van der Waals surface area contributed by atoms with Gasteiger partial charge in [0.1, 0.15) is 0 Å². The van der Waals surface area contributed by atoms with Gasteiger partial charge in [-0.05, 0) is 49.7 Å². The Morgan fingerprint density at radius 2 is 1.81 bits per heavy atom. The molecule has 26 heavy (non-hydrogen) atoms. The normalized spacial score (nSPS) is 10.6. The van der Waals surface area contributed by atoms with Gasteiger partial charge in [0.25, 0.3) is 5.91 Å². The molecule has 0 spiro atoms. The van der Waals surface area contributed by atoms with Crippen LogP contribution in [0.1, 0.15) is 21.7 Å². The number of hydrogen-bond donors (Lipinski definition) is 1. The summed E-state index contributed by atoms with van der Waals surface area (Å²) < 4.78 is 1.48. The number of carbonyl (C=O) groups excluding carboxylic acids is 1. The first-order valence-corrected chi connectivity index (χ1v) is 8.56. The van der Waals surface area contributed by atoms with Crippen LogP contribution in [0, 0.1) is 13.8 Å². The average molecular weight is 388 g/mol. The lowest BCUT2D eigenvalue weighted by Gasteiger charge is -2.13. The fraction of sp³-hybridized carbons (Fsp3) is 0.105. The minimum absolute atomic E-state index is 0.218. The van der Waals surface area contributed by atoms with Crippen LogP contribution in [-0.4, -0.2) is 15.7 Å².